The van der Waals surface area contributed by atoms with Crippen LogP contribution >= 0.6 is 11.8 Å². The summed E-state index contributed by atoms with van der Waals surface area (Å²) in [6, 6.07) is -1.31. The first kappa shape index (κ1) is 15.1. The Morgan fingerprint density at radius 2 is 2.17 bits per heavy atom. The highest BCUT2D eigenvalue weighted by Gasteiger charge is 2.38. The highest BCUT2D eigenvalue weighted by molar-refractivity contribution is 7.98. The van der Waals surface area contributed by atoms with Crippen LogP contribution in [0.2, 0.25) is 0 Å². The van der Waals surface area contributed by atoms with Crippen LogP contribution in [0.15, 0.2) is 0 Å². The van der Waals surface area contributed by atoms with Crippen molar-refractivity contribution in [2.24, 2.45) is 0 Å². The molecule has 1 saturated heterocycles. The van der Waals surface area contributed by atoms with E-state index in [9.17, 15) is 14.7 Å². The molecule has 2 amide bonds. The topological polar surface area (TPSA) is 89.9 Å². The maximum atomic E-state index is 11.8. The predicted octanol–water partition coefficient (Wildman–Crippen LogP) is 0.359. The molecule has 3 N–H and O–H groups in total. The molecule has 2 atom stereocenters. The molecule has 1 heterocycles. The number of aliphatic hydroxyl groups excluding tert-OH is 1. The molecule has 0 radical (unpaired) electrons. The molecular weight excluding hydrogens is 256 g/mol. The predicted molar refractivity (Wildman–Crippen MR) is 69.8 cm³/mol. The van der Waals surface area contributed by atoms with Crippen LogP contribution in [0.1, 0.15) is 19.3 Å². The minimum atomic E-state index is -1.07. The van der Waals surface area contributed by atoms with Gasteiger partial charge in [-0.1, -0.05) is 0 Å². The van der Waals surface area contributed by atoms with Gasteiger partial charge < -0.3 is 20.4 Å². The van der Waals surface area contributed by atoms with Crippen molar-refractivity contribution in [1.82, 2.24) is 10.2 Å². The van der Waals surface area contributed by atoms with E-state index in [0.29, 0.717) is 6.54 Å². The van der Waals surface area contributed by atoms with Crippen LogP contribution in [0.4, 0.5) is 4.79 Å². The minimum absolute atomic E-state index is 0.0909. The van der Waals surface area contributed by atoms with E-state index in [1.165, 1.54) is 4.90 Å². The monoisotopic (exact) mass is 276 g/mol. The highest BCUT2D eigenvalue weighted by Crippen LogP contribution is 2.18. The Kier molecular flexibility index (Phi) is 6.28. The van der Waals surface area contributed by atoms with E-state index in [-0.39, 0.29) is 13.0 Å². The average Bonchev–Trinajstić information content (AvgIpc) is 2.71. The zero-order valence-electron chi connectivity index (χ0n) is 10.5. The Bertz CT molecular complexity index is 301. The number of thioether (sulfide) groups is 1. The summed E-state index contributed by atoms with van der Waals surface area (Å²) in [6.07, 6.45) is 3.29. The van der Waals surface area contributed by atoms with E-state index in [0.717, 1.165) is 18.6 Å². The number of aliphatic hydroxyl groups is 1. The van der Waals surface area contributed by atoms with E-state index in [4.69, 9.17) is 5.11 Å². The van der Waals surface area contributed by atoms with Gasteiger partial charge in [-0.05, 0) is 24.9 Å². The van der Waals surface area contributed by atoms with Crippen LogP contribution in [-0.4, -0.2) is 64.4 Å². The van der Waals surface area contributed by atoms with Gasteiger partial charge in [-0.2, -0.15) is 11.8 Å². The van der Waals surface area contributed by atoms with Crippen molar-refractivity contribution in [3.05, 3.63) is 0 Å². The SMILES string of the molecule is CSCCCCNC(=O)N1C[C@@H](O)C[C@H]1C(=O)O. The van der Waals surface area contributed by atoms with Crippen LogP contribution in [0, 0.1) is 0 Å². The van der Waals surface area contributed by atoms with Gasteiger partial charge >= 0.3 is 12.0 Å². The minimum Gasteiger partial charge on any atom is -0.480 e. The molecule has 1 aliphatic heterocycles. The molecule has 0 aromatic rings. The lowest BCUT2D eigenvalue weighted by Crippen LogP contribution is -2.46. The summed E-state index contributed by atoms with van der Waals surface area (Å²) in [7, 11) is 0. The number of urea groups is 1. The number of β-amino-alcohol motifs (C(OH)–C–C–N with tert-alkyl or cyclic N) is 1. The van der Waals surface area contributed by atoms with E-state index in [1.54, 1.807) is 11.8 Å². The number of hydrogen-bond donors (Lipinski definition) is 3. The lowest BCUT2D eigenvalue weighted by Gasteiger charge is -2.21. The number of amides is 2. The molecule has 104 valence electrons. The van der Waals surface area contributed by atoms with Gasteiger partial charge in [-0.15, -0.1) is 0 Å². The lowest BCUT2D eigenvalue weighted by atomic mass is 10.2. The van der Waals surface area contributed by atoms with E-state index < -0.39 is 24.1 Å². The first-order valence-corrected chi connectivity index (χ1v) is 7.40. The number of unbranched alkanes of at least 4 members (excludes halogenated alkanes) is 1. The van der Waals surface area contributed by atoms with Gasteiger partial charge in [0.15, 0.2) is 0 Å². The molecular formula is C11H20N2O4S. The molecule has 0 bridgehead atoms. The van der Waals surface area contributed by atoms with Gasteiger partial charge in [-0.25, -0.2) is 9.59 Å². The second-order valence-corrected chi connectivity index (χ2v) is 5.31. The van der Waals surface area contributed by atoms with Gasteiger partial charge in [0.1, 0.15) is 6.04 Å². The maximum absolute atomic E-state index is 11.8. The summed E-state index contributed by atoms with van der Waals surface area (Å²) < 4.78 is 0. The average molecular weight is 276 g/mol. The number of aliphatic carboxylic acids is 1. The third-order valence-corrected chi connectivity index (χ3v) is 3.57. The second kappa shape index (κ2) is 7.48. The molecule has 0 aliphatic carbocycles. The molecule has 1 fully saturated rings. The smallest absolute Gasteiger partial charge is 0.326 e. The quantitative estimate of drug-likeness (QED) is 0.609. The van der Waals surface area contributed by atoms with Crippen LogP contribution in [0.25, 0.3) is 0 Å². The molecule has 0 unspecified atom stereocenters. The molecule has 1 aliphatic rings. The Morgan fingerprint density at radius 3 is 2.78 bits per heavy atom. The van der Waals surface area contributed by atoms with Crippen molar-refractivity contribution in [2.75, 3.05) is 25.1 Å². The largest absolute Gasteiger partial charge is 0.480 e. The number of rotatable bonds is 6. The third-order valence-electron chi connectivity index (χ3n) is 2.88. The van der Waals surface area contributed by atoms with Crippen LogP contribution in [0.3, 0.4) is 0 Å². The fraction of sp³-hybridized carbons (Fsp3) is 0.818. The summed E-state index contributed by atoms with van der Waals surface area (Å²) in [5.41, 5.74) is 0. The summed E-state index contributed by atoms with van der Waals surface area (Å²) in [4.78, 5) is 23.9. The molecule has 0 spiro atoms. The Labute approximate surface area is 111 Å². The molecule has 1 rings (SSSR count). The number of carboxylic acid groups (broad SMARTS) is 1. The first-order chi connectivity index (χ1) is 8.56. The zero-order valence-corrected chi connectivity index (χ0v) is 11.3. The molecule has 7 heteroatoms. The van der Waals surface area contributed by atoms with Crippen molar-refractivity contribution < 1.29 is 19.8 Å². The summed E-state index contributed by atoms with van der Waals surface area (Å²) in [6.45, 7) is 0.631. The van der Waals surface area contributed by atoms with Gasteiger partial charge in [0.2, 0.25) is 0 Å². The lowest BCUT2D eigenvalue weighted by molar-refractivity contribution is -0.141. The number of carbonyl (C=O) groups excluding carboxylic acids is 1. The van der Waals surface area contributed by atoms with Crippen molar-refractivity contribution in [3.8, 4) is 0 Å². The van der Waals surface area contributed by atoms with Crippen molar-refractivity contribution in [3.63, 3.8) is 0 Å². The maximum Gasteiger partial charge on any atom is 0.326 e. The standard InChI is InChI=1S/C11H20N2O4S/c1-18-5-3-2-4-12-11(17)13-7-8(14)6-9(13)10(15)16/h8-9,14H,2-7H2,1H3,(H,12,17)(H,15,16)/t8-,9-/m0/s1. The second-order valence-electron chi connectivity index (χ2n) is 4.33. The molecule has 0 aromatic heterocycles. The van der Waals surface area contributed by atoms with Gasteiger partial charge in [0, 0.05) is 19.5 Å². The molecule has 0 aromatic carbocycles. The molecule has 18 heavy (non-hydrogen) atoms. The molecule has 0 saturated carbocycles. The van der Waals surface area contributed by atoms with Crippen molar-refractivity contribution in [1.29, 1.82) is 0 Å². The third kappa shape index (κ3) is 4.38. The van der Waals surface area contributed by atoms with Crippen molar-refractivity contribution >= 4 is 23.8 Å². The number of nitrogens with one attached hydrogen (secondary N) is 1. The number of carbonyl (C=O) groups is 2. The van der Waals surface area contributed by atoms with Crippen molar-refractivity contribution in [2.45, 2.75) is 31.4 Å². The van der Waals surface area contributed by atoms with Crippen LogP contribution in [0.5, 0.6) is 0 Å². The summed E-state index contributed by atoms with van der Waals surface area (Å²) >= 11 is 1.76. The Hall–Kier alpha value is -0.950. The number of likely N-dealkylation sites (tertiary alicyclic amines) is 1. The van der Waals surface area contributed by atoms with Gasteiger partial charge in [0.25, 0.3) is 0 Å². The zero-order chi connectivity index (χ0) is 13.5. The van der Waals surface area contributed by atoms with Gasteiger partial charge in [0.05, 0.1) is 6.10 Å². The van der Waals surface area contributed by atoms with E-state index in [2.05, 4.69) is 5.32 Å². The number of nitrogens with zero attached hydrogens (tertiary/aromatic N) is 1. The highest BCUT2D eigenvalue weighted by atomic mass is 32.2. The van der Waals surface area contributed by atoms with E-state index >= 15 is 0 Å². The fourth-order valence-electron chi connectivity index (χ4n) is 1.94. The van der Waals surface area contributed by atoms with Gasteiger partial charge in [-0.3, -0.25) is 0 Å². The molecule has 6 nitrogen and oxygen atoms in total. The first-order valence-electron chi connectivity index (χ1n) is 6.00. The fourth-order valence-corrected chi connectivity index (χ4v) is 2.43. The normalized spacial score (nSPS) is 23.1. The summed E-state index contributed by atoms with van der Waals surface area (Å²) in [5.74, 6) is -0.0140. The van der Waals surface area contributed by atoms with E-state index in [1.807, 2.05) is 6.26 Å². The van der Waals surface area contributed by atoms with Crippen LogP contribution < -0.4 is 5.32 Å². The number of hydrogen-bond acceptors (Lipinski definition) is 4. The Morgan fingerprint density at radius 1 is 1.44 bits per heavy atom. The van der Waals surface area contributed by atoms with Crippen LogP contribution in [-0.2, 0) is 4.79 Å². The number of carboxylic acids is 1. The summed E-state index contributed by atoms with van der Waals surface area (Å²) in [5, 5.41) is 21.1. The Balaban J connectivity index is 2.33.